The van der Waals surface area contributed by atoms with Crippen LogP contribution in [-0.4, -0.2) is 37.5 Å². The minimum absolute atomic E-state index is 0.171. The Balaban J connectivity index is 2.13. The molecule has 98 valence electrons. The van der Waals surface area contributed by atoms with E-state index >= 15 is 0 Å². The molecule has 2 N–H and O–H groups in total. The highest BCUT2D eigenvalue weighted by atomic mass is 16.2. The summed E-state index contributed by atoms with van der Waals surface area (Å²) in [6.07, 6.45) is 0. The summed E-state index contributed by atoms with van der Waals surface area (Å²) in [4.78, 5) is 15.5. The average Bonchev–Trinajstić information content (AvgIpc) is 2.32. The van der Waals surface area contributed by atoms with Crippen LogP contribution in [-0.2, 0) is 10.3 Å². The van der Waals surface area contributed by atoms with Gasteiger partial charge >= 0.3 is 0 Å². The third-order valence-corrected chi connectivity index (χ3v) is 3.43. The summed E-state index contributed by atoms with van der Waals surface area (Å²) in [6.45, 7) is 6.10. The lowest BCUT2D eigenvalue weighted by Gasteiger charge is -2.33. The number of piperazine rings is 1. The van der Waals surface area contributed by atoms with Crippen molar-refractivity contribution in [3.8, 4) is 0 Å². The number of nitrogens with zero attached hydrogens (tertiary/aromatic N) is 2. The van der Waals surface area contributed by atoms with Crippen LogP contribution >= 0.6 is 0 Å². The summed E-state index contributed by atoms with van der Waals surface area (Å²) in [5, 5.41) is 0. The van der Waals surface area contributed by atoms with Crippen molar-refractivity contribution in [1.82, 2.24) is 4.90 Å². The van der Waals surface area contributed by atoms with Gasteiger partial charge in [-0.3, -0.25) is 4.79 Å². The topological polar surface area (TPSA) is 49.6 Å². The number of hydrogen-bond acceptors (Lipinski definition) is 3. The SMILES string of the molecule is CN1CCN(c2ccc(C(C)(C)N)cc2)CC1=O. The van der Waals surface area contributed by atoms with Gasteiger partial charge in [0.05, 0.1) is 6.54 Å². The molecule has 0 aromatic heterocycles. The molecule has 4 heteroatoms. The van der Waals surface area contributed by atoms with E-state index in [9.17, 15) is 4.79 Å². The standard InChI is InChI=1S/C14H21N3O/c1-14(2,15)11-4-6-12(7-5-11)17-9-8-16(3)13(18)10-17/h4-7H,8-10,15H2,1-3H3. The zero-order valence-electron chi connectivity index (χ0n) is 11.3. The molecule has 4 nitrogen and oxygen atoms in total. The molecule has 1 aromatic rings. The largest absolute Gasteiger partial charge is 0.360 e. The summed E-state index contributed by atoms with van der Waals surface area (Å²) in [6, 6.07) is 8.17. The minimum Gasteiger partial charge on any atom is -0.360 e. The van der Waals surface area contributed by atoms with Crippen molar-refractivity contribution in [1.29, 1.82) is 0 Å². The Morgan fingerprint density at radius 3 is 2.28 bits per heavy atom. The molecule has 0 saturated carbocycles. The quantitative estimate of drug-likeness (QED) is 0.853. The summed E-state index contributed by atoms with van der Waals surface area (Å²) in [5.41, 5.74) is 7.92. The van der Waals surface area contributed by atoms with Gasteiger partial charge in [0.15, 0.2) is 0 Å². The van der Waals surface area contributed by atoms with Gasteiger partial charge in [-0.05, 0) is 31.5 Å². The number of rotatable bonds is 2. The Kier molecular flexibility index (Phi) is 3.30. The van der Waals surface area contributed by atoms with E-state index in [4.69, 9.17) is 5.73 Å². The number of anilines is 1. The molecular formula is C14H21N3O. The van der Waals surface area contributed by atoms with Crippen LogP contribution in [0.25, 0.3) is 0 Å². The fourth-order valence-electron chi connectivity index (χ4n) is 2.08. The molecule has 1 amide bonds. The lowest BCUT2D eigenvalue weighted by molar-refractivity contribution is -0.129. The molecule has 1 heterocycles. The fraction of sp³-hybridized carbons (Fsp3) is 0.500. The van der Waals surface area contributed by atoms with Crippen LogP contribution in [0.3, 0.4) is 0 Å². The number of hydrogen-bond donors (Lipinski definition) is 1. The molecule has 0 aliphatic carbocycles. The molecule has 1 aliphatic heterocycles. The maximum absolute atomic E-state index is 11.7. The van der Waals surface area contributed by atoms with Gasteiger partial charge < -0.3 is 15.5 Å². The van der Waals surface area contributed by atoms with Crippen LogP contribution in [0.15, 0.2) is 24.3 Å². The Morgan fingerprint density at radius 1 is 1.17 bits per heavy atom. The number of likely N-dealkylation sites (N-methyl/N-ethyl adjacent to an activating group) is 1. The van der Waals surface area contributed by atoms with Crippen LogP contribution < -0.4 is 10.6 Å². The molecular weight excluding hydrogens is 226 g/mol. The number of amides is 1. The average molecular weight is 247 g/mol. The molecule has 0 radical (unpaired) electrons. The van der Waals surface area contributed by atoms with E-state index in [1.165, 1.54) is 0 Å². The lowest BCUT2D eigenvalue weighted by atomic mass is 9.95. The van der Waals surface area contributed by atoms with Crippen LogP contribution in [0.4, 0.5) is 5.69 Å². The van der Waals surface area contributed by atoms with Gasteiger partial charge in [-0.2, -0.15) is 0 Å². The fourth-order valence-corrected chi connectivity index (χ4v) is 2.08. The first kappa shape index (κ1) is 12.9. The summed E-state index contributed by atoms with van der Waals surface area (Å²) < 4.78 is 0. The molecule has 1 saturated heterocycles. The number of carbonyl (C=O) groups excluding carboxylic acids is 1. The van der Waals surface area contributed by atoms with E-state index in [0.29, 0.717) is 6.54 Å². The van der Waals surface area contributed by atoms with Crippen molar-refractivity contribution in [3.05, 3.63) is 29.8 Å². The monoisotopic (exact) mass is 247 g/mol. The van der Waals surface area contributed by atoms with Gasteiger partial charge in [0.1, 0.15) is 0 Å². The summed E-state index contributed by atoms with van der Waals surface area (Å²) in [7, 11) is 1.85. The highest BCUT2D eigenvalue weighted by molar-refractivity contribution is 5.82. The Labute approximate surface area is 108 Å². The molecule has 2 rings (SSSR count). The zero-order chi connectivity index (χ0) is 13.3. The first-order valence-electron chi connectivity index (χ1n) is 6.26. The van der Waals surface area contributed by atoms with E-state index < -0.39 is 0 Å². The molecule has 1 aromatic carbocycles. The van der Waals surface area contributed by atoms with Crippen LogP contribution in [0.1, 0.15) is 19.4 Å². The second-order valence-electron chi connectivity index (χ2n) is 5.51. The second kappa shape index (κ2) is 4.61. The predicted octanol–water partition coefficient (Wildman–Crippen LogP) is 1.16. The predicted molar refractivity (Wildman–Crippen MR) is 73.5 cm³/mol. The molecule has 0 spiro atoms. The molecule has 0 atom stereocenters. The Hall–Kier alpha value is -1.55. The first-order chi connectivity index (χ1) is 8.38. The van der Waals surface area contributed by atoms with Gasteiger partial charge in [-0.1, -0.05) is 12.1 Å². The third kappa shape index (κ3) is 2.64. The van der Waals surface area contributed by atoms with E-state index in [1.807, 2.05) is 45.2 Å². The maximum Gasteiger partial charge on any atom is 0.241 e. The van der Waals surface area contributed by atoms with Crippen molar-refractivity contribution in [2.75, 3.05) is 31.6 Å². The lowest BCUT2D eigenvalue weighted by Crippen LogP contribution is -2.48. The Bertz CT molecular complexity index is 433. The first-order valence-corrected chi connectivity index (χ1v) is 6.26. The summed E-state index contributed by atoms with van der Waals surface area (Å²) in [5.74, 6) is 0.171. The van der Waals surface area contributed by atoms with E-state index in [2.05, 4.69) is 4.90 Å². The van der Waals surface area contributed by atoms with Crippen LogP contribution in [0.2, 0.25) is 0 Å². The third-order valence-electron chi connectivity index (χ3n) is 3.43. The van der Waals surface area contributed by atoms with Crippen LogP contribution in [0, 0.1) is 0 Å². The van der Waals surface area contributed by atoms with Gasteiger partial charge in [0, 0.05) is 31.4 Å². The zero-order valence-corrected chi connectivity index (χ0v) is 11.3. The van der Waals surface area contributed by atoms with Crippen molar-refractivity contribution < 1.29 is 4.79 Å². The summed E-state index contributed by atoms with van der Waals surface area (Å²) >= 11 is 0. The second-order valence-corrected chi connectivity index (χ2v) is 5.51. The highest BCUT2D eigenvalue weighted by Crippen LogP contribution is 2.22. The molecule has 1 aliphatic rings. The van der Waals surface area contributed by atoms with Crippen LogP contribution in [0.5, 0.6) is 0 Å². The number of carbonyl (C=O) groups is 1. The Morgan fingerprint density at radius 2 is 1.78 bits per heavy atom. The number of nitrogens with two attached hydrogens (primary N) is 1. The van der Waals surface area contributed by atoms with E-state index in [1.54, 1.807) is 4.90 Å². The smallest absolute Gasteiger partial charge is 0.241 e. The maximum atomic E-state index is 11.7. The van der Waals surface area contributed by atoms with Crippen molar-refractivity contribution in [2.24, 2.45) is 5.73 Å². The van der Waals surface area contributed by atoms with Gasteiger partial charge in [0.2, 0.25) is 5.91 Å². The molecule has 1 fully saturated rings. The van der Waals surface area contributed by atoms with E-state index in [-0.39, 0.29) is 11.4 Å². The highest BCUT2D eigenvalue weighted by Gasteiger charge is 2.21. The van der Waals surface area contributed by atoms with Gasteiger partial charge in [0.25, 0.3) is 0 Å². The van der Waals surface area contributed by atoms with Gasteiger partial charge in [-0.25, -0.2) is 0 Å². The molecule has 0 unspecified atom stereocenters. The molecule has 0 bridgehead atoms. The molecule has 18 heavy (non-hydrogen) atoms. The van der Waals surface area contributed by atoms with Crippen molar-refractivity contribution >= 4 is 11.6 Å². The van der Waals surface area contributed by atoms with Crippen molar-refractivity contribution in [3.63, 3.8) is 0 Å². The van der Waals surface area contributed by atoms with Gasteiger partial charge in [-0.15, -0.1) is 0 Å². The van der Waals surface area contributed by atoms with Crippen molar-refractivity contribution in [2.45, 2.75) is 19.4 Å². The minimum atomic E-state index is -0.323. The normalized spacial score (nSPS) is 17.2. The van der Waals surface area contributed by atoms with E-state index in [0.717, 1.165) is 24.3 Å². The number of benzene rings is 1.